The lowest BCUT2D eigenvalue weighted by Gasteiger charge is -2.29. The minimum Gasteiger partial charge on any atom is -0.478 e. The van der Waals surface area contributed by atoms with Crippen LogP contribution in [0.15, 0.2) is 11.0 Å². The Morgan fingerprint density at radius 3 is 2.83 bits per heavy atom. The first-order chi connectivity index (χ1) is 8.49. The van der Waals surface area contributed by atoms with E-state index >= 15 is 0 Å². The van der Waals surface area contributed by atoms with Crippen LogP contribution in [0.25, 0.3) is 0 Å². The van der Waals surface area contributed by atoms with E-state index in [2.05, 4.69) is 9.88 Å². The maximum absolute atomic E-state index is 11.6. The van der Waals surface area contributed by atoms with Crippen LogP contribution in [0, 0.1) is 0 Å². The van der Waals surface area contributed by atoms with E-state index in [1.54, 1.807) is 0 Å². The molecule has 1 atom stereocenters. The number of likely N-dealkylation sites (N-methyl/N-ethyl adjacent to an activating group) is 1. The number of carboxylic acid groups (broad SMARTS) is 1. The number of rotatable bonds is 2. The summed E-state index contributed by atoms with van der Waals surface area (Å²) in [6, 6.07) is 0. The smallest absolute Gasteiger partial charge is 0.347 e. The monoisotopic (exact) mass is 251 g/mol. The van der Waals surface area contributed by atoms with Gasteiger partial charge in [-0.05, 0) is 26.4 Å². The summed E-state index contributed by atoms with van der Waals surface area (Å²) in [5.74, 6) is -0.995. The normalized spacial score (nSPS) is 20.9. The quantitative estimate of drug-likeness (QED) is 0.817. The molecule has 1 N–H and O–H groups in total. The number of carbonyl (C=O) groups is 1. The van der Waals surface area contributed by atoms with Gasteiger partial charge in [0.2, 0.25) is 0 Å². The standard InChI is InChI=1S/C12H17N3O3/c1-14-5-3-4-8(6-14)10-9(11(16)17)7-15(2)12(18)13-10/h7-8H,3-6H2,1-2H3,(H,16,17). The lowest BCUT2D eigenvalue weighted by atomic mass is 9.92. The zero-order valence-electron chi connectivity index (χ0n) is 10.6. The van der Waals surface area contributed by atoms with E-state index in [9.17, 15) is 14.7 Å². The highest BCUT2D eigenvalue weighted by Crippen LogP contribution is 2.26. The molecule has 0 amide bonds. The third-order valence-electron chi connectivity index (χ3n) is 3.36. The van der Waals surface area contributed by atoms with E-state index in [4.69, 9.17) is 0 Å². The van der Waals surface area contributed by atoms with Crippen molar-refractivity contribution in [2.24, 2.45) is 7.05 Å². The summed E-state index contributed by atoms with van der Waals surface area (Å²) in [4.78, 5) is 28.9. The third kappa shape index (κ3) is 2.43. The van der Waals surface area contributed by atoms with Gasteiger partial charge in [-0.25, -0.2) is 9.59 Å². The SMILES string of the molecule is CN1CCCC(c2nc(=O)n(C)cc2C(=O)O)C1. The fourth-order valence-corrected chi connectivity index (χ4v) is 2.42. The van der Waals surface area contributed by atoms with Crippen LogP contribution in [0.2, 0.25) is 0 Å². The zero-order chi connectivity index (χ0) is 13.3. The second kappa shape index (κ2) is 4.89. The van der Waals surface area contributed by atoms with E-state index in [1.165, 1.54) is 17.8 Å². The number of piperidine rings is 1. The van der Waals surface area contributed by atoms with Gasteiger partial charge >= 0.3 is 11.7 Å². The summed E-state index contributed by atoms with van der Waals surface area (Å²) in [7, 11) is 3.51. The average molecular weight is 251 g/mol. The van der Waals surface area contributed by atoms with Gasteiger partial charge in [0.15, 0.2) is 0 Å². The van der Waals surface area contributed by atoms with Crippen LogP contribution in [0.3, 0.4) is 0 Å². The second-order valence-corrected chi connectivity index (χ2v) is 4.84. The van der Waals surface area contributed by atoms with Gasteiger partial charge in [0, 0.05) is 25.7 Å². The molecule has 2 rings (SSSR count). The molecular weight excluding hydrogens is 234 g/mol. The molecule has 2 heterocycles. The highest BCUT2D eigenvalue weighted by atomic mass is 16.4. The van der Waals surface area contributed by atoms with Crippen molar-refractivity contribution >= 4 is 5.97 Å². The largest absolute Gasteiger partial charge is 0.478 e. The molecule has 1 saturated heterocycles. The van der Waals surface area contributed by atoms with Crippen molar-refractivity contribution in [3.63, 3.8) is 0 Å². The number of aryl methyl sites for hydroxylation is 1. The number of carboxylic acids is 1. The number of nitrogens with zero attached hydrogens (tertiary/aromatic N) is 3. The van der Waals surface area contributed by atoms with E-state index in [1.807, 2.05) is 7.05 Å². The molecule has 0 aliphatic carbocycles. The lowest BCUT2D eigenvalue weighted by Crippen LogP contribution is -2.34. The maximum Gasteiger partial charge on any atom is 0.347 e. The van der Waals surface area contributed by atoms with Gasteiger partial charge in [-0.3, -0.25) is 0 Å². The molecule has 1 fully saturated rings. The summed E-state index contributed by atoms with van der Waals surface area (Å²) in [5.41, 5.74) is 0.165. The number of aromatic carboxylic acids is 1. The van der Waals surface area contributed by atoms with Crippen LogP contribution >= 0.6 is 0 Å². The number of likely N-dealkylation sites (tertiary alicyclic amines) is 1. The Hall–Kier alpha value is -1.69. The summed E-state index contributed by atoms with van der Waals surface area (Å²) < 4.78 is 1.21. The van der Waals surface area contributed by atoms with Gasteiger partial charge < -0.3 is 14.6 Å². The first-order valence-corrected chi connectivity index (χ1v) is 5.98. The van der Waals surface area contributed by atoms with Crippen LogP contribution in [-0.2, 0) is 7.05 Å². The van der Waals surface area contributed by atoms with Crippen LogP contribution in [0.5, 0.6) is 0 Å². The van der Waals surface area contributed by atoms with Gasteiger partial charge in [0.1, 0.15) is 0 Å². The molecule has 0 bridgehead atoms. The molecule has 1 aromatic heterocycles. The summed E-state index contributed by atoms with van der Waals surface area (Å²) in [5, 5.41) is 9.21. The van der Waals surface area contributed by atoms with Crippen LogP contribution in [0.4, 0.5) is 0 Å². The fourth-order valence-electron chi connectivity index (χ4n) is 2.42. The van der Waals surface area contributed by atoms with Crippen molar-refractivity contribution < 1.29 is 9.90 Å². The summed E-state index contributed by atoms with van der Waals surface area (Å²) >= 11 is 0. The highest BCUT2D eigenvalue weighted by molar-refractivity contribution is 5.88. The summed E-state index contributed by atoms with van der Waals surface area (Å²) in [6.45, 7) is 1.75. The van der Waals surface area contributed by atoms with Crippen molar-refractivity contribution in [3.8, 4) is 0 Å². The van der Waals surface area contributed by atoms with Crippen LogP contribution in [-0.4, -0.2) is 45.7 Å². The van der Waals surface area contributed by atoms with Crippen molar-refractivity contribution in [2.75, 3.05) is 20.1 Å². The lowest BCUT2D eigenvalue weighted by molar-refractivity contribution is 0.0692. The molecular formula is C12H17N3O3. The molecule has 1 aliphatic heterocycles. The molecule has 6 nitrogen and oxygen atoms in total. The maximum atomic E-state index is 11.6. The number of hydrogen-bond acceptors (Lipinski definition) is 4. The molecule has 1 unspecified atom stereocenters. The van der Waals surface area contributed by atoms with Gasteiger partial charge in [0.05, 0.1) is 11.3 Å². The predicted octanol–water partition coefficient (Wildman–Crippen LogP) is 0.288. The topological polar surface area (TPSA) is 75.4 Å². The minimum absolute atomic E-state index is 0.0312. The number of aromatic nitrogens is 2. The molecule has 6 heteroatoms. The molecule has 18 heavy (non-hydrogen) atoms. The van der Waals surface area contributed by atoms with E-state index in [0.717, 1.165) is 25.9 Å². The molecule has 1 aromatic rings. The Morgan fingerprint density at radius 2 is 2.22 bits per heavy atom. The second-order valence-electron chi connectivity index (χ2n) is 4.84. The molecule has 98 valence electrons. The fraction of sp³-hybridized carbons (Fsp3) is 0.583. The Labute approximate surface area is 105 Å². The van der Waals surface area contributed by atoms with Crippen LogP contribution < -0.4 is 5.69 Å². The molecule has 0 aromatic carbocycles. The van der Waals surface area contributed by atoms with Gasteiger partial charge in [0.25, 0.3) is 0 Å². The summed E-state index contributed by atoms with van der Waals surface area (Å²) in [6.07, 6.45) is 3.24. The Morgan fingerprint density at radius 1 is 1.50 bits per heavy atom. The van der Waals surface area contributed by atoms with E-state index in [0.29, 0.717) is 5.69 Å². The van der Waals surface area contributed by atoms with Crippen molar-refractivity contribution in [1.29, 1.82) is 0 Å². The predicted molar refractivity (Wildman–Crippen MR) is 65.9 cm³/mol. The molecule has 1 aliphatic rings. The van der Waals surface area contributed by atoms with Crippen molar-refractivity contribution in [1.82, 2.24) is 14.5 Å². The molecule has 0 saturated carbocycles. The average Bonchev–Trinajstić information content (AvgIpc) is 2.31. The van der Waals surface area contributed by atoms with Crippen molar-refractivity contribution in [3.05, 3.63) is 27.9 Å². The van der Waals surface area contributed by atoms with Crippen molar-refractivity contribution in [2.45, 2.75) is 18.8 Å². The number of hydrogen-bond donors (Lipinski definition) is 1. The Balaban J connectivity index is 2.45. The van der Waals surface area contributed by atoms with E-state index in [-0.39, 0.29) is 11.5 Å². The zero-order valence-corrected chi connectivity index (χ0v) is 10.6. The third-order valence-corrected chi connectivity index (χ3v) is 3.36. The molecule has 0 spiro atoms. The van der Waals surface area contributed by atoms with Gasteiger partial charge in [-0.2, -0.15) is 4.98 Å². The van der Waals surface area contributed by atoms with Crippen LogP contribution in [0.1, 0.15) is 34.8 Å². The highest BCUT2D eigenvalue weighted by Gasteiger charge is 2.25. The Kier molecular flexibility index (Phi) is 3.47. The van der Waals surface area contributed by atoms with Gasteiger partial charge in [-0.1, -0.05) is 0 Å². The minimum atomic E-state index is -1.03. The molecule has 0 radical (unpaired) electrons. The van der Waals surface area contributed by atoms with E-state index < -0.39 is 11.7 Å². The Bertz CT molecular complexity index is 524. The van der Waals surface area contributed by atoms with Gasteiger partial charge in [-0.15, -0.1) is 0 Å². The first-order valence-electron chi connectivity index (χ1n) is 5.98. The first kappa shape index (κ1) is 12.8.